The monoisotopic (exact) mass is 299 g/mol. The first kappa shape index (κ1) is 14.8. The van der Waals surface area contributed by atoms with Gasteiger partial charge in [0.05, 0.1) is 6.04 Å². The highest BCUT2D eigenvalue weighted by atomic mass is 32.1. The summed E-state index contributed by atoms with van der Waals surface area (Å²) in [4.78, 5) is 2.92. The van der Waals surface area contributed by atoms with Crippen molar-refractivity contribution in [3.63, 3.8) is 0 Å². The molecule has 0 bridgehead atoms. The Hall–Kier alpha value is -1.12. The first-order valence-electron chi connectivity index (χ1n) is 8.24. The van der Waals surface area contributed by atoms with Gasteiger partial charge < -0.3 is 5.73 Å². The van der Waals surface area contributed by atoms with E-state index >= 15 is 0 Å². The maximum atomic E-state index is 6.50. The second kappa shape index (κ2) is 6.76. The average molecular weight is 299 g/mol. The minimum absolute atomic E-state index is 0.0394. The van der Waals surface area contributed by atoms with E-state index < -0.39 is 0 Å². The Kier molecular flexibility index (Phi) is 4.77. The third-order valence-corrected chi connectivity index (χ3v) is 5.77. The van der Waals surface area contributed by atoms with Gasteiger partial charge in [0, 0.05) is 9.75 Å². The minimum atomic E-state index is 0.0394. The first-order chi connectivity index (χ1) is 10.3. The highest BCUT2D eigenvalue weighted by Gasteiger charge is 2.17. The molecule has 0 amide bonds. The Bertz CT molecular complexity index is 559. The molecular formula is C19H25NS. The van der Waals surface area contributed by atoms with Gasteiger partial charge in [-0.2, -0.15) is 0 Å². The van der Waals surface area contributed by atoms with E-state index in [2.05, 4.69) is 37.3 Å². The standard InChI is InChI=1S/C19H25NS/c1-2-6-14-9-11-15(12-10-14)19(20)18-13-16-7-4-3-5-8-17(16)21-18/h9-13,19H,2-8,20H2,1H3. The number of benzene rings is 1. The van der Waals surface area contributed by atoms with Crippen molar-refractivity contribution in [1.82, 2.24) is 0 Å². The highest BCUT2D eigenvalue weighted by Crippen LogP contribution is 2.33. The molecule has 0 fully saturated rings. The van der Waals surface area contributed by atoms with E-state index in [0.29, 0.717) is 0 Å². The lowest BCUT2D eigenvalue weighted by atomic mass is 10.0. The van der Waals surface area contributed by atoms with Gasteiger partial charge in [-0.25, -0.2) is 0 Å². The summed E-state index contributed by atoms with van der Waals surface area (Å²) in [7, 11) is 0. The van der Waals surface area contributed by atoms with Crippen LogP contribution >= 0.6 is 11.3 Å². The lowest BCUT2D eigenvalue weighted by Gasteiger charge is -2.11. The SMILES string of the molecule is CCCc1ccc(C(N)c2cc3c(s2)CCCCC3)cc1. The zero-order valence-electron chi connectivity index (χ0n) is 12.9. The van der Waals surface area contributed by atoms with Crippen molar-refractivity contribution in [2.24, 2.45) is 5.73 Å². The molecule has 2 heteroatoms. The number of rotatable bonds is 4. The topological polar surface area (TPSA) is 26.0 Å². The van der Waals surface area contributed by atoms with E-state index in [9.17, 15) is 0 Å². The number of nitrogens with two attached hydrogens (primary N) is 1. The maximum Gasteiger partial charge on any atom is 0.0646 e. The van der Waals surface area contributed by atoms with Crippen molar-refractivity contribution in [3.05, 3.63) is 56.8 Å². The number of hydrogen-bond donors (Lipinski definition) is 1. The predicted octanol–water partition coefficient (Wildman–Crippen LogP) is 5.02. The van der Waals surface area contributed by atoms with Crippen molar-refractivity contribution in [2.75, 3.05) is 0 Å². The normalized spacial score (nSPS) is 16.3. The third kappa shape index (κ3) is 3.38. The maximum absolute atomic E-state index is 6.50. The summed E-state index contributed by atoms with van der Waals surface area (Å²) in [6, 6.07) is 11.3. The highest BCUT2D eigenvalue weighted by molar-refractivity contribution is 7.12. The molecule has 112 valence electrons. The van der Waals surface area contributed by atoms with Gasteiger partial charge in [-0.15, -0.1) is 11.3 Å². The molecule has 0 saturated heterocycles. The van der Waals surface area contributed by atoms with Gasteiger partial charge in [-0.3, -0.25) is 0 Å². The summed E-state index contributed by atoms with van der Waals surface area (Å²) in [6.45, 7) is 2.22. The van der Waals surface area contributed by atoms with Crippen molar-refractivity contribution < 1.29 is 0 Å². The predicted molar refractivity (Wildman–Crippen MR) is 92.0 cm³/mol. The van der Waals surface area contributed by atoms with E-state index in [1.54, 1.807) is 10.4 Å². The lowest BCUT2D eigenvalue weighted by molar-refractivity contribution is 0.712. The van der Waals surface area contributed by atoms with Crippen LogP contribution in [0.15, 0.2) is 30.3 Å². The van der Waals surface area contributed by atoms with Gasteiger partial charge in [0.15, 0.2) is 0 Å². The zero-order valence-corrected chi connectivity index (χ0v) is 13.7. The van der Waals surface area contributed by atoms with Crippen LogP contribution in [0.5, 0.6) is 0 Å². The molecular weight excluding hydrogens is 274 g/mol. The smallest absolute Gasteiger partial charge is 0.0646 e. The van der Waals surface area contributed by atoms with E-state index in [4.69, 9.17) is 5.73 Å². The zero-order chi connectivity index (χ0) is 14.7. The number of thiophene rings is 1. The molecule has 1 aliphatic rings. The molecule has 1 heterocycles. The molecule has 2 N–H and O–H groups in total. The Morgan fingerprint density at radius 2 is 1.86 bits per heavy atom. The summed E-state index contributed by atoms with van der Waals surface area (Å²) in [5.41, 5.74) is 10.7. The van der Waals surface area contributed by atoms with Crippen LogP contribution in [0.25, 0.3) is 0 Å². The molecule has 0 saturated carbocycles. The molecule has 0 spiro atoms. The van der Waals surface area contributed by atoms with Crippen LogP contribution in [0.4, 0.5) is 0 Å². The average Bonchev–Trinajstić information content (AvgIpc) is 2.79. The molecule has 3 rings (SSSR count). The Balaban J connectivity index is 1.79. The van der Waals surface area contributed by atoms with Crippen LogP contribution in [0.1, 0.15) is 65.1 Å². The molecule has 1 nitrogen and oxygen atoms in total. The van der Waals surface area contributed by atoms with Crippen LogP contribution in [0.3, 0.4) is 0 Å². The summed E-state index contributed by atoms with van der Waals surface area (Å²) in [5.74, 6) is 0. The van der Waals surface area contributed by atoms with Gasteiger partial charge in [0.2, 0.25) is 0 Å². The van der Waals surface area contributed by atoms with Gasteiger partial charge >= 0.3 is 0 Å². The molecule has 0 aliphatic heterocycles. The van der Waals surface area contributed by atoms with Gasteiger partial charge in [0.1, 0.15) is 0 Å². The van der Waals surface area contributed by atoms with Crippen molar-refractivity contribution >= 4 is 11.3 Å². The van der Waals surface area contributed by atoms with Gasteiger partial charge in [-0.1, -0.05) is 44.0 Å². The summed E-state index contributed by atoms with van der Waals surface area (Å²) >= 11 is 1.94. The van der Waals surface area contributed by atoms with Gasteiger partial charge in [0.25, 0.3) is 0 Å². The molecule has 1 aromatic carbocycles. The quantitative estimate of drug-likeness (QED) is 0.788. The van der Waals surface area contributed by atoms with Crippen molar-refractivity contribution in [3.8, 4) is 0 Å². The van der Waals surface area contributed by atoms with Crippen LogP contribution in [0, 0.1) is 0 Å². The van der Waals surface area contributed by atoms with Crippen LogP contribution in [-0.4, -0.2) is 0 Å². The molecule has 1 atom stereocenters. The van der Waals surface area contributed by atoms with E-state index in [1.807, 2.05) is 11.3 Å². The summed E-state index contributed by atoms with van der Waals surface area (Å²) < 4.78 is 0. The van der Waals surface area contributed by atoms with E-state index in [1.165, 1.54) is 54.5 Å². The fraction of sp³-hybridized carbons (Fsp3) is 0.474. The number of aryl methyl sites for hydroxylation is 3. The first-order valence-corrected chi connectivity index (χ1v) is 9.05. The fourth-order valence-corrected chi connectivity index (χ4v) is 4.48. The minimum Gasteiger partial charge on any atom is -0.320 e. The summed E-state index contributed by atoms with van der Waals surface area (Å²) in [5, 5.41) is 0. The fourth-order valence-electron chi connectivity index (χ4n) is 3.19. The molecule has 1 aromatic heterocycles. The number of fused-ring (bicyclic) bond motifs is 1. The molecule has 1 aliphatic carbocycles. The third-order valence-electron chi connectivity index (χ3n) is 4.45. The molecule has 2 aromatic rings. The van der Waals surface area contributed by atoms with Gasteiger partial charge in [-0.05, 0) is 54.9 Å². The molecule has 21 heavy (non-hydrogen) atoms. The van der Waals surface area contributed by atoms with Crippen molar-refractivity contribution in [1.29, 1.82) is 0 Å². The molecule has 0 radical (unpaired) electrons. The second-order valence-electron chi connectivity index (χ2n) is 6.13. The molecule has 1 unspecified atom stereocenters. The van der Waals surface area contributed by atoms with E-state index in [0.717, 1.165) is 6.42 Å². The Morgan fingerprint density at radius 1 is 1.10 bits per heavy atom. The Morgan fingerprint density at radius 3 is 2.62 bits per heavy atom. The van der Waals surface area contributed by atoms with Crippen molar-refractivity contribution in [2.45, 2.75) is 57.9 Å². The Labute approximate surface area is 132 Å². The van der Waals surface area contributed by atoms with Crippen LogP contribution in [0.2, 0.25) is 0 Å². The van der Waals surface area contributed by atoms with Crippen LogP contribution < -0.4 is 5.73 Å². The summed E-state index contributed by atoms with van der Waals surface area (Å²) in [6.07, 6.45) is 8.90. The lowest BCUT2D eigenvalue weighted by Crippen LogP contribution is -2.10. The van der Waals surface area contributed by atoms with Crippen LogP contribution in [-0.2, 0) is 19.3 Å². The van der Waals surface area contributed by atoms with E-state index in [-0.39, 0.29) is 6.04 Å². The largest absolute Gasteiger partial charge is 0.320 e. The number of hydrogen-bond acceptors (Lipinski definition) is 2. The second-order valence-corrected chi connectivity index (χ2v) is 7.30.